The molecule has 1 amide bonds. The van der Waals surface area contributed by atoms with Crippen molar-refractivity contribution in [3.63, 3.8) is 0 Å². The molecule has 0 saturated carbocycles. The summed E-state index contributed by atoms with van der Waals surface area (Å²) in [7, 11) is 1.65. The second-order valence-electron chi connectivity index (χ2n) is 6.54. The van der Waals surface area contributed by atoms with E-state index in [1.807, 2.05) is 24.3 Å². The molecule has 4 nitrogen and oxygen atoms in total. The number of anilines is 1. The van der Waals surface area contributed by atoms with E-state index >= 15 is 0 Å². The van der Waals surface area contributed by atoms with E-state index in [-0.39, 0.29) is 11.9 Å². The van der Waals surface area contributed by atoms with E-state index in [1.54, 1.807) is 7.11 Å². The van der Waals surface area contributed by atoms with Crippen molar-refractivity contribution in [2.45, 2.75) is 32.2 Å². The Bertz CT molecular complexity index is 568. The van der Waals surface area contributed by atoms with Gasteiger partial charge in [0, 0.05) is 24.8 Å². The van der Waals surface area contributed by atoms with Crippen molar-refractivity contribution in [3.8, 4) is 5.75 Å². The zero-order chi connectivity index (χ0) is 16.2. The summed E-state index contributed by atoms with van der Waals surface area (Å²) in [6.45, 7) is 3.87. The maximum atomic E-state index is 12.9. The third-order valence-corrected chi connectivity index (χ3v) is 5.05. The van der Waals surface area contributed by atoms with Gasteiger partial charge in [-0.15, -0.1) is 0 Å². The van der Waals surface area contributed by atoms with E-state index < -0.39 is 0 Å². The van der Waals surface area contributed by atoms with Gasteiger partial charge < -0.3 is 15.0 Å². The lowest BCUT2D eigenvalue weighted by Crippen LogP contribution is -2.41. The lowest BCUT2D eigenvalue weighted by atomic mass is 9.86. The van der Waals surface area contributed by atoms with Crippen LogP contribution in [0.4, 0.5) is 5.69 Å². The number of nitrogens with zero attached hydrogens (tertiary/aromatic N) is 1. The van der Waals surface area contributed by atoms with Gasteiger partial charge in [-0.05, 0) is 43.2 Å². The van der Waals surface area contributed by atoms with Crippen molar-refractivity contribution in [2.75, 3.05) is 25.5 Å². The Balaban J connectivity index is 1.65. The molecule has 1 aromatic rings. The van der Waals surface area contributed by atoms with E-state index in [1.165, 1.54) is 0 Å². The van der Waals surface area contributed by atoms with Crippen LogP contribution in [0.25, 0.3) is 0 Å². The van der Waals surface area contributed by atoms with Gasteiger partial charge in [-0.3, -0.25) is 4.79 Å². The molecule has 23 heavy (non-hydrogen) atoms. The number of amides is 1. The third kappa shape index (κ3) is 3.52. The number of carbonyl (C=O) groups excluding carboxylic acids is 1. The highest BCUT2D eigenvalue weighted by atomic mass is 16.5. The molecule has 1 unspecified atom stereocenters. The average molecular weight is 314 g/mol. The van der Waals surface area contributed by atoms with Crippen LogP contribution in [0, 0.1) is 11.8 Å². The van der Waals surface area contributed by atoms with Crippen LogP contribution in [0.2, 0.25) is 0 Å². The predicted octanol–water partition coefficient (Wildman–Crippen LogP) is 3.31. The number of benzene rings is 1. The summed E-state index contributed by atoms with van der Waals surface area (Å²) in [5.41, 5.74) is 0.933. The number of methoxy groups -OCH3 is 1. The Morgan fingerprint density at radius 2 is 2.00 bits per heavy atom. The largest absolute Gasteiger partial charge is 0.497 e. The Kier molecular flexibility index (Phi) is 4.89. The van der Waals surface area contributed by atoms with Gasteiger partial charge in [-0.2, -0.15) is 0 Å². The number of fused-ring (bicyclic) bond motifs is 1. The van der Waals surface area contributed by atoms with E-state index in [4.69, 9.17) is 4.74 Å². The maximum absolute atomic E-state index is 12.9. The summed E-state index contributed by atoms with van der Waals surface area (Å²) >= 11 is 0. The first-order valence-corrected chi connectivity index (χ1v) is 8.55. The molecule has 4 heteroatoms. The number of allylic oxidation sites excluding steroid dienone is 2. The number of hydrogen-bond donors (Lipinski definition) is 1. The standard InChI is InChI=1S/C19H26N2O2/c1-3-18(20-16-9-6-10-17(11-16)23-2)19(22)21-12-14-7-4-5-8-15(14)13-21/h4-6,9-11,14-15,18,20H,3,7-8,12-13H2,1-2H3/t14-,15+,18?. The van der Waals surface area contributed by atoms with Crippen LogP contribution < -0.4 is 10.1 Å². The second-order valence-corrected chi connectivity index (χ2v) is 6.54. The normalized spacial score (nSPS) is 24.2. The van der Waals surface area contributed by atoms with Crippen LogP contribution in [-0.2, 0) is 4.79 Å². The molecular weight excluding hydrogens is 288 g/mol. The molecule has 2 aliphatic rings. The van der Waals surface area contributed by atoms with Gasteiger partial charge in [0.05, 0.1) is 7.11 Å². The molecule has 1 heterocycles. The molecule has 0 aromatic heterocycles. The fourth-order valence-electron chi connectivity index (χ4n) is 3.67. The van der Waals surface area contributed by atoms with Gasteiger partial charge in [0.15, 0.2) is 0 Å². The van der Waals surface area contributed by atoms with Crippen LogP contribution >= 0.6 is 0 Å². The van der Waals surface area contributed by atoms with Gasteiger partial charge in [0.1, 0.15) is 11.8 Å². The van der Waals surface area contributed by atoms with Crippen molar-refractivity contribution in [2.24, 2.45) is 11.8 Å². The van der Waals surface area contributed by atoms with E-state index in [0.29, 0.717) is 11.8 Å². The number of hydrogen-bond acceptors (Lipinski definition) is 3. The molecule has 0 radical (unpaired) electrons. The summed E-state index contributed by atoms with van der Waals surface area (Å²) in [6, 6.07) is 7.59. The second kappa shape index (κ2) is 7.07. The van der Waals surface area contributed by atoms with Crippen molar-refractivity contribution >= 4 is 11.6 Å². The molecule has 0 bridgehead atoms. The molecule has 0 spiro atoms. The minimum Gasteiger partial charge on any atom is -0.497 e. The number of rotatable bonds is 5. The Morgan fingerprint density at radius 3 is 2.61 bits per heavy atom. The Hall–Kier alpha value is -1.97. The molecule has 1 aliphatic carbocycles. The van der Waals surface area contributed by atoms with Crippen LogP contribution in [-0.4, -0.2) is 37.0 Å². The number of ether oxygens (including phenoxy) is 1. The van der Waals surface area contributed by atoms with Crippen LogP contribution in [0.3, 0.4) is 0 Å². The van der Waals surface area contributed by atoms with Crippen molar-refractivity contribution in [3.05, 3.63) is 36.4 Å². The molecule has 1 fully saturated rings. The quantitative estimate of drug-likeness (QED) is 0.848. The van der Waals surface area contributed by atoms with Gasteiger partial charge in [-0.1, -0.05) is 25.1 Å². The van der Waals surface area contributed by atoms with Crippen LogP contribution in [0.1, 0.15) is 26.2 Å². The summed E-state index contributed by atoms with van der Waals surface area (Å²) in [4.78, 5) is 14.9. The van der Waals surface area contributed by atoms with Crippen molar-refractivity contribution in [1.82, 2.24) is 4.90 Å². The van der Waals surface area contributed by atoms with Crippen molar-refractivity contribution in [1.29, 1.82) is 0 Å². The first kappa shape index (κ1) is 15.9. The highest BCUT2D eigenvalue weighted by Gasteiger charge is 2.36. The average Bonchev–Trinajstić information content (AvgIpc) is 3.03. The number of likely N-dealkylation sites (tertiary alicyclic amines) is 1. The first-order chi connectivity index (χ1) is 11.2. The molecule has 1 aliphatic heterocycles. The zero-order valence-corrected chi connectivity index (χ0v) is 14.0. The third-order valence-electron chi connectivity index (χ3n) is 5.05. The Labute approximate surface area is 138 Å². The minimum atomic E-state index is -0.171. The number of nitrogens with one attached hydrogen (secondary N) is 1. The summed E-state index contributed by atoms with van der Waals surface area (Å²) < 4.78 is 5.25. The van der Waals surface area contributed by atoms with Gasteiger partial charge in [-0.25, -0.2) is 0 Å². The highest BCUT2D eigenvalue weighted by Crippen LogP contribution is 2.33. The molecule has 124 valence electrons. The molecule has 3 atom stereocenters. The summed E-state index contributed by atoms with van der Waals surface area (Å²) in [6.07, 6.45) is 7.55. The number of carbonyl (C=O) groups is 1. The first-order valence-electron chi connectivity index (χ1n) is 8.55. The predicted molar refractivity (Wildman–Crippen MR) is 92.6 cm³/mol. The topological polar surface area (TPSA) is 41.6 Å². The van der Waals surface area contributed by atoms with Crippen LogP contribution in [0.15, 0.2) is 36.4 Å². The molecule has 1 aromatic carbocycles. The van der Waals surface area contributed by atoms with Crippen LogP contribution in [0.5, 0.6) is 5.75 Å². The molecule has 3 rings (SSSR count). The fraction of sp³-hybridized carbons (Fsp3) is 0.526. The zero-order valence-electron chi connectivity index (χ0n) is 14.0. The summed E-state index contributed by atoms with van der Waals surface area (Å²) in [5, 5.41) is 3.37. The lowest BCUT2D eigenvalue weighted by Gasteiger charge is -2.24. The highest BCUT2D eigenvalue weighted by molar-refractivity contribution is 5.85. The maximum Gasteiger partial charge on any atom is 0.245 e. The molecule has 1 saturated heterocycles. The van der Waals surface area contributed by atoms with E-state index in [2.05, 4.69) is 29.3 Å². The molecular formula is C19H26N2O2. The lowest BCUT2D eigenvalue weighted by molar-refractivity contribution is -0.131. The van der Waals surface area contributed by atoms with E-state index in [9.17, 15) is 4.79 Å². The van der Waals surface area contributed by atoms with Gasteiger partial charge in [0.25, 0.3) is 0 Å². The van der Waals surface area contributed by atoms with Gasteiger partial charge in [0.2, 0.25) is 5.91 Å². The smallest absolute Gasteiger partial charge is 0.245 e. The van der Waals surface area contributed by atoms with E-state index in [0.717, 1.165) is 43.8 Å². The van der Waals surface area contributed by atoms with Gasteiger partial charge >= 0.3 is 0 Å². The fourth-order valence-corrected chi connectivity index (χ4v) is 3.67. The van der Waals surface area contributed by atoms with Crippen molar-refractivity contribution < 1.29 is 9.53 Å². The SMILES string of the molecule is CCC(Nc1cccc(OC)c1)C(=O)N1C[C@H]2CC=CC[C@H]2C1. The minimum absolute atomic E-state index is 0.171. The summed E-state index contributed by atoms with van der Waals surface area (Å²) in [5.74, 6) is 2.33. The Morgan fingerprint density at radius 1 is 1.30 bits per heavy atom. The molecule has 1 N–H and O–H groups in total. The monoisotopic (exact) mass is 314 g/mol.